The lowest BCUT2D eigenvalue weighted by atomic mass is 9.89. The maximum atomic E-state index is 6.19. The maximum absolute atomic E-state index is 6.19. The van der Waals surface area contributed by atoms with E-state index in [0.29, 0.717) is 12.6 Å². The third-order valence-electron chi connectivity index (χ3n) is 6.15. The molecule has 162 valence electrons. The van der Waals surface area contributed by atoms with Crippen molar-refractivity contribution in [1.82, 2.24) is 4.90 Å². The molecular formula is C27H31NO3. The number of nitrogens with zero attached hydrogens (tertiary/aromatic N) is 1. The minimum Gasteiger partial charge on any atom is -0.497 e. The van der Waals surface area contributed by atoms with Gasteiger partial charge in [0.1, 0.15) is 12.4 Å². The van der Waals surface area contributed by atoms with Crippen molar-refractivity contribution < 1.29 is 14.2 Å². The number of hydrogen-bond donors (Lipinski definition) is 0. The van der Waals surface area contributed by atoms with Crippen molar-refractivity contribution in [2.24, 2.45) is 0 Å². The van der Waals surface area contributed by atoms with E-state index in [1.807, 2.05) is 30.3 Å². The Labute approximate surface area is 185 Å². The van der Waals surface area contributed by atoms with Gasteiger partial charge in [-0.15, -0.1) is 0 Å². The Balaban J connectivity index is 1.54. The highest BCUT2D eigenvalue weighted by Gasteiger charge is 2.26. The molecule has 0 bridgehead atoms. The molecule has 3 aromatic rings. The van der Waals surface area contributed by atoms with Gasteiger partial charge in [-0.2, -0.15) is 0 Å². The van der Waals surface area contributed by atoms with Crippen LogP contribution in [0.3, 0.4) is 0 Å². The SMILES string of the molecule is COc1ccc(CCC2c3cc(OCc4ccccc4)c(OC)cc3CCN2C)cc1. The van der Waals surface area contributed by atoms with Crippen LogP contribution >= 0.6 is 0 Å². The summed E-state index contributed by atoms with van der Waals surface area (Å²) in [6.45, 7) is 1.58. The van der Waals surface area contributed by atoms with Gasteiger partial charge in [0.25, 0.3) is 0 Å². The predicted octanol–water partition coefficient (Wildman–Crippen LogP) is 5.44. The monoisotopic (exact) mass is 417 g/mol. The molecule has 0 aromatic heterocycles. The number of ether oxygens (including phenoxy) is 3. The summed E-state index contributed by atoms with van der Waals surface area (Å²) >= 11 is 0. The van der Waals surface area contributed by atoms with Crippen LogP contribution in [0.15, 0.2) is 66.7 Å². The lowest BCUT2D eigenvalue weighted by Crippen LogP contribution is -2.32. The molecule has 1 aliphatic heterocycles. The first-order chi connectivity index (χ1) is 15.2. The first-order valence-corrected chi connectivity index (χ1v) is 10.9. The molecule has 0 saturated heterocycles. The second-order valence-corrected chi connectivity index (χ2v) is 8.11. The van der Waals surface area contributed by atoms with E-state index < -0.39 is 0 Å². The second-order valence-electron chi connectivity index (χ2n) is 8.11. The molecule has 4 heteroatoms. The topological polar surface area (TPSA) is 30.9 Å². The van der Waals surface area contributed by atoms with E-state index in [4.69, 9.17) is 14.2 Å². The van der Waals surface area contributed by atoms with Gasteiger partial charge < -0.3 is 14.2 Å². The highest BCUT2D eigenvalue weighted by Crippen LogP contribution is 2.39. The van der Waals surface area contributed by atoms with Gasteiger partial charge in [0.2, 0.25) is 0 Å². The average Bonchev–Trinajstić information content (AvgIpc) is 2.82. The molecule has 4 rings (SSSR count). The van der Waals surface area contributed by atoms with Crippen LogP contribution in [0.1, 0.15) is 34.7 Å². The fourth-order valence-electron chi connectivity index (χ4n) is 4.31. The van der Waals surface area contributed by atoms with Crippen molar-refractivity contribution in [3.63, 3.8) is 0 Å². The van der Waals surface area contributed by atoms with Crippen molar-refractivity contribution in [3.8, 4) is 17.2 Å². The molecule has 0 radical (unpaired) electrons. The summed E-state index contributed by atoms with van der Waals surface area (Å²) in [7, 11) is 5.64. The molecular weight excluding hydrogens is 386 g/mol. The molecule has 4 nitrogen and oxygen atoms in total. The van der Waals surface area contributed by atoms with Crippen LogP contribution in [0, 0.1) is 0 Å². The van der Waals surface area contributed by atoms with Crippen molar-refractivity contribution >= 4 is 0 Å². The molecule has 0 spiro atoms. The molecule has 0 amide bonds. The van der Waals surface area contributed by atoms with E-state index in [2.05, 4.69) is 48.3 Å². The van der Waals surface area contributed by atoms with E-state index in [1.165, 1.54) is 16.7 Å². The summed E-state index contributed by atoms with van der Waals surface area (Å²) < 4.78 is 17.1. The van der Waals surface area contributed by atoms with Crippen molar-refractivity contribution in [1.29, 1.82) is 0 Å². The smallest absolute Gasteiger partial charge is 0.162 e. The number of rotatable bonds is 8. The van der Waals surface area contributed by atoms with E-state index in [-0.39, 0.29) is 0 Å². The van der Waals surface area contributed by atoms with Crippen molar-refractivity contribution in [2.45, 2.75) is 31.9 Å². The Morgan fingerprint density at radius 1 is 0.871 bits per heavy atom. The van der Waals surface area contributed by atoms with E-state index >= 15 is 0 Å². The van der Waals surface area contributed by atoms with Gasteiger partial charge in [-0.3, -0.25) is 4.90 Å². The quantitative estimate of drug-likeness (QED) is 0.488. The van der Waals surface area contributed by atoms with E-state index in [0.717, 1.165) is 48.6 Å². The average molecular weight is 418 g/mol. The highest BCUT2D eigenvalue weighted by atomic mass is 16.5. The number of likely N-dealkylation sites (N-methyl/N-ethyl adjacent to an activating group) is 1. The van der Waals surface area contributed by atoms with Gasteiger partial charge in [0, 0.05) is 12.6 Å². The fourth-order valence-corrected chi connectivity index (χ4v) is 4.31. The summed E-state index contributed by atoms with van der Waals surface area (Å²) in [6, 6.07) is 23.4. The molecule has 1 heterocycles. The van der Waals surface area contributed by atoms with Gasteiger partial charge in [-0.1, -0.05) is 42.5 Å². The number of fused-ring (bicyclic) bond motifs is 1. The van der Waals surface area contributed by atoms with Crippen LogP contribution in [-0.2, 0) is 19.4 Å². The lowest BCUT2D eigenvalue weighted by Gasteiger charge is -2.35. The molecule has 1 atom stereocenters. The summed E-state index contributed by atoms with van der Waals surface area (Å²) in [5.74, 6) is 2.53. The Hall–Kier alpha value is -2.98. The van der Waals surface area contributed by atoms with Crippen molar-refractivity contribution in [3.05, 3.63) is 89.0 Å². The standard InChI is InChI=1S/C27H31NO3/c1-28-16-15-22-17-26(30-3)27(31-19-21-7-5-4-6-8-21)18-24(22)25(28)14-11-20-9-12-23(29-2)13-10-20/h4-10,12-13,17-18,25H,11,14-16,19H2,1-3H3. The zero-order valence-corrected chi connectivity index (χ0v) is 18.6. The van der Waals surface area contributed by atoms with Gasteiger partial charge in [-0.05, 0) is 72.8 Å². The number of methoxy groups -OCH3 is 2. The molecule has 0 N–H and O–H groups in total. The van der Waals surface area contributed by atoms with Gasteiger partial charge in [-0.25, -0.2) is 0 Å². The molecule has 31 heavy (non-hydrogen) atoms. The Bertz CT molecular complexity index is 985. The summed E-state index contributed by atoms with van der Waals surface area (Å²) in [5.41, 5.74) is 5.19. The van der Waals surface area contributed by atoms with Gasteiger partial charge in [0.15, 0.2) is 11.5 Å². The molecule has 1 unspecified atom stereocenters. The van der Waals surface area contributed by atoms with E-state index in [9.17, 15) is 0 Å². The zero-order chi connectivity index (χ0) is 21.6. The highest BCUT2D eigenvalue weighted by molar-refractivity contribution is 5.49. The van der Waals surface area contributed by atoms with Crippen LogP contribution in [0.25, 0.3) is 0 Å². The molecule has 1 aliphatic rings. The second kappa shape index (κ2) is 9.88. The maximum Gasteiger partial charge on any atom is 0.162 e. The van der Waals surface area contributed by atoms with Crippen molar-refractivity contribution in [2.75, 3.05) is 27.8 Å². The van der Waals surface area contributed by atoms with Crippen LogP contribution < -0.4 is 14.2 Å². The molecule has 0 saturated carbocycles. The first kappa shape index (κ1) is 21.3. The largest absolute Gasteiger partial charge is 0.497 e. The van der Waals surface area contributed by atoms with Gasteiger partial charge in [0.05, 0.1) is 14.2 Å². The minimum absolute atomic E-state index is 0.357. The number of hydrogen-bond acceptors (Lipinski definition) is 4. The minimum atomic E-state index is 0.357. The van der Waals surface area contributed by atoms with Crippen LogP contribution in [0.5, 0.6) is 17.2 Å². The number of aryl methyl sites for hydroxylation is 1. The molecule has 3 aromatic carbocycles. The molecule has 0 aliphatic carbocycles. The normalized spacial score (nSPS) is 15.9. The summed E-state index contributed by atoms with van der Waals surface area (Å²) in [6.07, 6.45) is 3.10. The fraction of sp³-hybridized carbons (Fsp3) is 0.333. The van der Waals surface area contributed by atoms with Crippen LogP contribution in [0.4, 0.5) is 0 Å². The molecule has 0 fully saturated rings. The third-order valence-corrected chi connectivity index (χ3v) is 6.15. The zero-order valence-electron chi connectivity index (χ0n) is 18.6. The van der Waals surface area contributed by atoms with Gasteiger partial charge >= 0.3 is 0 Å². The third kappa shape index (κ3) is 5.02. The summed E-state index contributed by atoms with van der Waals surface area (Å²) in [5, 5.41) is 0. The summed E-state index contributed by atoms with van der Waals surface area (Å²) in [4.78, 5) is 2.46. The van der Waals surface area contributed by atoms with Crippen LogP contribution in [0.2, 0.25) is 0 Å². The Morgan fingerprint density at radius 3 is 2.35 bits per heavy atom. The Morgan fingerprint density at radius 2 is 1.65 bits per heavy atom. The first-order valence-electron chi connectivity index (χ1n) is 10.9. The lowest BCUT2D eigenvalue weighted by molar-refractivity contribution is 0.217. The Kier molecular flexibility index (Phi) is 6.78. The predicted molar refractivity (Wildman–Crippen MR) is 124 cm³/mol. The number of benzene rings is 3. The van der Waals surface area contributed by atoms with E-state index in [1.54, 1.807) is 14.2 Å². The van der Waals surface area contributed by atoms with Crippen LogP contribution in [-0.4, -0.2) is 32.7 Å².